The zero-order valence-corrected chi connectivity index (χ0v) is 10.3. The summed E-state index contributed by atoms with van der Waals surface area (Å²) in [5, 5.41) is 11.9. The molecule has 0 bridgehead atoms. The van der Waals surface area contributed by atoms with Crippen LogP contribution >= 0.6 is 12.2 Å². The fourth-order valence-electron chi connectivity index (χ4n) is 1.41. The lowest BCUT2D eigenvalue weighted by molar-refractivity contribution is -0.118. The van der Waals surface area contributed by atoms with Crippen LogP contribution in [0, 0.1) is 4.64 Å². The minimum Gasteiger partial charge on any atom is -0.370 e. The minimum absolute atomic E-state index is 0.214. The van der Waals surface area contributed by atoms with Crippen LogP contribution in [-0.2, 0) is 11.3 Å². The van der Waals surface area contributed by atoms with E-state index in [0.29, 0.717) is 16.9 Å². The molecule has 92 valence electrons. The van der Waals surface area contributed by atoms with Gasteiger partial charge in [0.2, 0.25) is 5.91 Å². The fourth-order valence-corrected chi connectivity index (χ4v) is 1.68. The molecule has 2 heterocycles. The zero-order valence-electron chi connectivity index (χ0n) is 9.48. The van der Waals surface area contributed by atoms with Crippen molar-refractivity contribution in [1.82, 2.24) is 20.0 Å². The Bertz CT molecular complexity index is 610. The molecule has 0 atom stereocenters. The van der Waals surface area contributed by atoms with Crippen molar-refractivity contribution < 1.29 is 4.79 Å². The first kappa shape index (κ1) is 12.3. The van der Waals surface area contributed by atoms with E-state index in [2.05, 4.69) is 15.3 Å². The average molecular weight is 261 g/mol. The summed E-state index contributed by atoms with van der Waals surface area (Å²) in [5.74, 6) is -0.378. The molecule has 0 aliphatic carbocycles. The highest BCUT2D eigenvalue weighted by atomic mass is 32.1. The van der Waals surface area contributed by atoms with E-state index in [9.17, 15) is 4.79 Å². The number of primary amides is 1. The van der Waals surface area contributed by atoms with Gasteiger partial charge in [-0.25, -0.2) is 0 Å². The molecule has 0 unspecified atom stereocenters. The number of nitrogens with zero attached hydrogens (tertiary/aromatic N) is 4. The second kappa shape index (κ2) is 5.46. The Morgan fingerprint density at radius 3 is 2.94 bits per heavy atom. The topological polar surface area (TPSA) is 86.7 Å². The summed E-state index contributed by atoms with van der Waals surface area (Å²) < 4.78 is 2.08. The lowest BCUT2D eigenvalue weighted by Crippen LogP contribution is -2.15. The molecule has 0 radical (unpaired) electrons. The highest BCUT2D eigenvalue weighted by molar-refractivity contribution is 7.71. The Labute approximate surface area is 108 Å². The van der Waals surface area contributed by atoms with E-state index < -0.39 is 0 Å². The van der Waals surface area contributed by atoms with Gasteiger partial charge in [-0.2, -0.15) is 15.3 Å². The SMILES string of the molecule is NC(=O)CCn1ncc(-c2cccnn2)cc1=S. The molecular weight excluding hydrogens is 250 g/mol. The van der Waals surface area contributed by atoms with Gasteiger partial charge in [-0.1, -0.05) is 12.2 Å². The monoisotopic (exact) mass is 261 g/mol. The molecule has 6 nitrogen and oxygen atoms in total. The molecule has 2 rings (SSSR count). The van der Waals surface area contributed by atoms with Gasteiger partial charge in [-0.3, -0.25) is 9.48 Å². The predicted octanol–water partition coefficient (Wildman–Crippen LogP) is 0.945. The second-order valence-electron chi connectivity index (χ2n) is 3.63. The summed E-state index contributed by atoms with van der Waals surface area (Å²) in [6, 6.07) is 5.39. The lowest BCUT2D eigenvalue weighted by atomic mass is 10.2. The van der Waals surface area contributed by atoms with Crippen LogP contribution in [0.15, 0.2) is 30.6 Å². The van der Waals surface area contributed by atoms with Gasteiger partial charge in [0.15, 0.2) is 0 Å². The Balaban J connectivity index is 2.25. The maximum atomic E-state index is 10.7. The van der Waals surface area contributed by atoms with Gasteiger partial charge < -0.3 is 5.73 Å². The molecule has 0 fully saturated rings. The maximum absolute atomic E-state index is 10.7. The third-order valence-electron chi connectivity index (χ3n) is 2.31. The van der Waals surface area contributed by atoms with Gasteiger partial charge in [0.05, 0.1) is 18.4 Å². The molecule has 0 aromatic carbocycles. The smallest absolute Gasteiger partial charge is 0.219 e. The number of aromatic nitrogens is 4. The molecule has 2 N–H and O–H groups in total. The van der Waals surface area contributed by atoms with E-state index in [0.717, 1.165) is 5.56 Å². The summed E-state index contributed by atoms with van der Waals surface area (Å²) in [5.41, 5.74) is 6.58. The third kappa shape index (κ3) is 2.95. The maximum Gasteiger partial charge on any atom is 0.219 e. The highest BCUT2D eigenvalue weighted by Crippen LogP contribution is 2.13. The van der Waals surface area contributed by atoms with Gasteiger partial charge in [0.25, 0.3) is 0 Å². The van der Waals surface area contributed by atoms with E-state index in [1.807, 2.05) is 6.07 Å². The van der Waals surface area contributed by atoms with Crippen molar-refractivity contribution >= 4 is 18.1 Å². The van der Waals surface area contributed by atoms with Crippen molar-refractivity contribution in [3.63, 3.8) is 0 Å². The summed E-state index contributed by atoms with van der Waals surface area (Å²) in [6.45, 7) is 0.384. The van der Waals surface area contributed by atoms with Gasteiger partial charge >= 0.3 is 0 Å². The van der Waals surface area contributed by atoms with E-state index in [1.54, 1.807) is 29.2 Å². The first-order chi connectivity index (χ1) is 8.66. The number of aryl methyl sites for hydroxylation is 1. The van der Waals surface area contributed by atoms with Gasteiger partial charge in [-0.05, 0) is 18.2 Å². The molecular formula is C11H11N5OS. The van der Waals surface area contributed by atoms with E-state index in [-0.39, 0.29) is 12.3 Å². The Morgan fingerprint density at radius 1 is 1.50 bits per heavy atom. The fraction of sp³-hybridized carbons (Fsp3) is 0.182. The van der Waals surface area contributed by atoms with Crippen molar-refractivity contribution in [2.45, 2.75) is 13.0 Å². The normalized spacial score (nSPS) is 10.2. The number of hydrogen-bond donors (Lipinski definition) is 1. The van der Waals surface area contributed by atoms with Crippen molar-refractivity contribution in [2.24, 2.45) is 5.73 Å². The lowest BCUT2D eigenvalue weighted by Gasteiger charge is -2.05. The number of amides is 1. The average Bonchev–Trinajstić information content (AvgIpc) is 2.38. The molecule has 0 spiro atoms. The molecule has 0 aliphatic rings. The quantitative estimate of drug-likeness (QED) is 0.828. The van der Waals surface area contributed by atoms with Crippen molar-refractivity contribution in [3.8, 4) is 11.3 Å². The van der Waals surface area contributed by atoms with Crippen LogP contribution in [0.3, 0.4) is 0 Å². The zero-order chi connectivity index (χ0) is 13.0. The molecule has 0 aliphatic heterocycles. The van der Waals surface area contributed by atoms with E-state index in [4.69, 9.17) is 18.0 Å². The van der Waals surface area contributed by atoms with Gasteiger partial charge in [0.1, 0.15) is 4.64 Å². The van der Waals surface area contributed by atoms with Crippen LogP contribution in [0.4, 0.5) is 0 Å². The predicted molar refractivity (Wildman–Crippen MR) is 67.9 cm³/mol. The largest absolute Gasteiger partial charge is 0.370 e. The Kier molecular flexibility index (Phi) is 3.73. The summed E-state index contributed by atoms with van der Waals surface area (Å²) in [4.78, 5) is 10.7. The highest BCUT2D eigenvalue weighted by Gasteiger charge is 2.03. The number of hydrogen-bond acceptors (Lipinski definition) is 5. The van der Waals surface area contributed by atoms with E-state index >= 15 is 0 Å². The molecule has 7 heteroatoms. The van der Waals surface area contributed by atoms with Crippen molar-refractivity contribution in [2.75, 3.05) is 0 Å². The van der Waals surface area contributed by atoms with Crippen molar-refractivity contribution in [3.05, 3.63) is 35.2 Å². The van der Waals surface area contributed by atoms with Gasteiger partial charge in [-0.15, -0.1) is 0 Å². The molecule has 2 aromatic rings. The Morgan fingerprint density at radius 2 is 2.33 bits per heavy atom. The first-order valence-corrected chi connectivity index (χ1v) is 5.71. The standard InChI is InChI=1S/C11H11N5OS/c12-10(17)3-5-16-11(18)6-8(7-14-16)9-2-1-4-13-15-9/h1-2,4,6-7H,3,5H2,(H2,12,17). The van der Waals surface area contributed by atoms with Crippen LogP contribution in [-0.4, -0.2) is 25.9 Å². The van der Waals surface area contributed by atoms with Crippen LogP contribution in [0.1, 0.15) is 6.42 Å². The number of rotatable bonds is 4. The summed E-state index contributed by atoms with van der Waals surface area (Å²) >= 11 is 5.19. The van der Waals surface area contributed by atoms with Crippen molar-refractivity contribution in [1.29, 1.82) is 0 Å². The number of nitrogens with two attached hydrogens (primary N) is 1. The number of carbonyl (C=O) groups is 1. The molecule has 1 amide bonds. The molecule has 18 heavy (non-hydrogen) atoms. The first-order valence-electron chi connectivity index (χ1n) is 5.30. The summed E-state index contributed by atoms with van der Waals surface area (Å²) in [6.07, 6.45) is 3.45. The van der Waals surface area contributed by atoms with Crippen LogP contribution in [0.5, 0.6) is 0 Å². The van der Waals surface area contributed by atoms with Gasteiger partial charge in [0, 0.05) is 18.2 Å². The van der Waals surface area contributed by atoms with Crippen LogP contribution < -0.4 is 5.73 Å². The van der Waals surface area contributed by atoms with Crippen LogP contribution in [0.25, 0.3) is 11.3 Å². The Hall–Kier alpha value is -2.15. The van der Waals surface area contributed by atoms with Crippen LogP contribution in [0.2, 0.25) is 0 Å². The molecule has 0 saturated carbocycles. The molecule has 0 saturated heterocycles. The van der Waals surface area contributed by atoms with E-state index in [1.165, 1.54) is 0 Å². The third-order valence-corrected chi connectivity index (χ3v) is 2.64. The molecule has 2 aromatic heterocycles. The second-order valence-corrected chi connectivity index (χ2v) is 4.05. The minimum atomic E-state index is -0.378. The number of carbonyl (C=O) groups excluding carboxylic acids is 1. The summed E-state index contributed by atoms with van der Waals surface area (Å²) in [7, 11) is 0.